The maximum absolute atomic E-state index is 2.53. The highest BCUT2D eigenvalue weighted by Crippen LogP contribution is 2.55. The second-order valence-electron chi connectivity index (χ2n) is 15.2. The summed E-state index contributed by atoms with van der Waals surface area (Å²) in [6.45, 7) is 4.72. The number of fused-ring (bicyclic) bond motifs is 4. The van der Waals surface area contributed by atoms with Gasteiger partial charge in [-0.1, -0.05) is 208 Å². The zero-order valence-electron chi connectivity index (χ0n) is 31.7. The molecule has 1 heteroatoms. The fourth-order valence-corrected chi connectivity index (χ4v) is 9.11. The summed E-state index contributed by atoms with van der Waals surface area (Å²) in [6.07, 6.45) is 0. The molecule has 0 radical (unpaired) electrons. The van der Waals surface area contributed by atoms with Gasteiger partial charge in [0, 0.05) is 21.9 Å². The predicted molar refractivity (Wildman–Crippen MR) is 238 cm³/mol. The molecule has 0 fully saturated rings. The average Bonchev–Trinajstić information content (AvgIpc) is 3.50. The summed E-state index contributed by atoms with van der Waals surface area (Å²) in [7, 11) is 0. The lowest BCUT2D eigenvalue weighted by Gasteiger charge is -2.32. The molecule has 9 aromatic rings. The minimum atomic E-state index is -0.107. The Kier molecular flexibility index (Phi) is 8.23. The molecule has 0 spiro atoms. The van der Waals surface area contributed by atoms with Crippen molar-refractivity contribution in [3.63, 3.8) is 0 Å². The summed E-state index contributed by atoms with van der Waals surface area (Å²) in [6, 6.07) is 77.7. The lowest BCUT2D eigenvalue weighted by Crippen LogP contribution is -2.15. The van der Waals surface area contributed by atoms with Crippen LogP contribution in [0.2, 0.25) is 0 Å². The Balaban J connectivity index is 1.32. The van der Waals surface area contributed by atoms with Gasteiger partial charge in [-0.25, -0.2) is 0 Å². The van der Waals surface area contributed by atoms with Crippen molar-refractivity contribution >= 4 is 27.8 Å². The highest BCUT2D eigenvalue weighted by Gasteiger charge is 2.37. The summed E-state index contributed by atoms with van der Waals surface area (Å²) in [4.78, 5) is 2.53. The van der Waals surface area contributed by atoms with Gasteiger partial charge in [-0.3, -0.25) is 0 Å². The Labute approximate surface area is 329 Å². The molecule has 0 saturated heterocycles. The number of para-hydroxylation sites is 1. The summed E-state index contributed by atoms with van der Waals surface area (Å²) >= 11 is 0. The molecular weight excluding hydrogens is 675 g/mol. The maximum atomic E-state index is 2.53. The van der Waals surface area contributed by atoms with Crippen LogP contribution < -0.4 is 4.90 Å². The first-order valence-electron chi connectivity index (χ1n) is 19.5. The monoisotopic (exact) mass is 715 g/mol. The van der Waals surface area contributed by atoms with E-state index in [4.69, 9.17) is 0 Å². The second-order valence-corrected chi connectivity index (χ2v) is 15.2. The van der Waals surface area contributed by atoms with Gasteiger partial charge < -0.3 is 4.90 Å². The van der Waals surface area contributed by atoms with Gasteiger partial charge in [-0.15, -0.1) is 0 Å². The molecule has 1 aliphatic rings. The van der Waals surface area contributed by atoms with E-state index < -0.39 is 0 Å². The minimum absolute atomic E-state index is 0.107. The van der Waals surface area contributed by atoms with Gasteiger partial charge >= 0.3 is 0 Å². The lowest BCUT2D eigenvalue weighted by molar-refractivity contribution is 0.660. The standard InChI is InChI=1S/C55H41N/c1-55(2)48-33-15-13-30-47(48)53-46(32-18-34-49(53)55)44-28-14-16-35-51(44)56(50-36-17-25-39-24-9-10-27-42(39)50)52-37-19-31-43(40-22-7-4-8-23-40)54(52)45-29-12-11-26-41(45)38-20-5-3-6-21-38/h3-37H,1-2H3. The summed E-state index contributed by atoms with van der Waals surface area (Å²) in [5.74, 6) is 0. The number of rotatable bonds is 7. The largest absolute Gasteiger partial charge is 0.309 e. The highest BCUT2D eigenvalue weighted by molar-refractivity contribution is 6.08. The van der Waals surface area contributed by atoms with E-state index in [1.807, 2.05) is 0 Å². The summed E-state index contributed by atoms with van der Waals surface area (Å²) < 4.78 is 0. The molecule has 0 heterocycles. The van der Waals surface area contributed by atoms with Crippen LogP contribution >= 0.6 is 0 Å². The second kappa shape index (κ2) is 13.7. The molecular formula is C55H41N. The van der Waals surface area contributed by atoms with Gasteiger partial charge in [-0.05, 0) is 79.2 Å². The van der Waals surface area contributed by atoms with Crippen LogP contribution in [0.5, 0.6) is 0 Å². The third-order valence-electron chi connectivity index (χ3n) is 11.7. The van der Waals surface area contributed by atoms with Crippen LogP contribution in [0.25, 0.3) is 66.4 Å². The van der Waals surface area contributed by atoms with Gasteiger partial charge in [0.2, 0.25) is 0 Å². The Morgan fingerprint density at radius 2 is 0.786 bits per heavy atom. The quantitative estimate of drug-likeness (QED) is 0.159. The molecule has 0 amide bonds. The van der Waals surface area contributed by atoms with Crippen LogP contribution in [0.15, 0.2) is 212 Å². The predicted octanol–water partition coefficient (Wildman–Crippen LogP) is 15.3. The van der Waals surface area contributed by atoms with Crippen molar-refractivity contribution < 1.29 is 0 Å². The molecule has 9 aromatic carbocycles. The molecule has 1 nitrogen and oxygen atoms in total. The van der Waals surface area contributed by atoms with Crippen LogP contribution in [0.1, 0.15) is 25.0 Å². The zero-order valence-corrected chi connectivity index (χ0v) is 31.7. The van der Waals surface area contributed by atoms with Crippen LogP contribution in [-0.2, 0) is 5.41 Å². The van der Waals surface area contributed by atoms with Gasteiger partial charge in [0.1, 0.15) is 0 Å². The van der Waals surface area contributed by atoms with E-state index in [2.05, 4.69) is 231 Å². The van der Waals surface area contributed by atoms with E-state index in [0.29, 0.717) is 0 Å². The van der Waals surface area contributed by atoms with E-state index >= 15 is 0 Å². The lowest BCUT2D eigenvalue weighted by atomic mass is 9.82. The first-order chi connectivity index (χ1) is 27.6. The molecule has 10 rings (SSSR count). The van der Waals surface area contributed by atoms with E-state index in [9.17, 15) is 0 Å². The zero-order chi connectivity index (χ0) is 37.6. The fourth-order valence-electron chi connectivity index (χ4n) is 9.11. The molecule has 0 aliphatic heterocycles. The number of benzene rings is 9. The van der Waals surface area contributed by atoms with Crippen molar-refractivity contribution in [2.24, 2.45) is 0 Å². The Morgan fingerprint density at radius 1 is 0.304 bits per heavy atom. The van der Waals surface area contributed by atoms with E-state index in [-0.39, 0.29) is 5.41 Å². The van der Waals surface area contributed by atoms with Crippen LogP contribution in [0.4, 0.5) is 17.1 Å². The molecule has 0 unspecified atom stereocenters. The number of nitrogens with zero attached hydrogens (tertiary/aromatic N) is 1. The molecule has 0 saturated carbocycles. The topological polar surface area (TPSA) is 3.24 Å². The summed E-state index contributed by atoms with van der Waals surface area (Å²) in [5.41, 5.74) is 18.2. The third kappa shape index (κ3) is 5.47. The number of anilines is 3. The Hall–Kier alpha value is -6.96. The van der Waals surface area contributed by atoms with Crippen LogP contribution in [0, 0.1) is 0 Å². The van der Waals surface area contributed by atoms with E-state index in [0.717, 1.165) is 17.1 Å². The molecule has 266 valence electrons. The van der Waals surface area contributed by atoms with Crippen LogP contribution in [0.3, 0.4) is 0 Å². The van der Waals surface area contributed by atoms with Gasteiger partial charge in [0.15, 0.2) is 0 Å². The number of hydrogen-bond acceptors (Lipinski definition) is 1. The molecule has 56 heavy (non-hydrogen) atoms. The van der Waals surface area contributed by atoms with Gasteiger partial charge in [0.05, 0.1) is 17.1 Å². The van der Waals surface area contributed by atoms with Crippen molar-refractivity contribution in [3.8, 4) is 55.6 Å². The van der Waals surface area contributed by atoms with Crippen molar-refractivity contribution in [1.29, 1.82) is 0 Å². The fraction of sp³-hybridized carbons (Fsp3) is 0.0545. The Morgan fingerprint density at radius 3 is 1.57 bits per heavy atom. The van der Waals surface area contributed by atoms with Crippen molar-refractivity contribution in [1.82, 2.24) is 0 Å². The SMILES string of the molecule is CC1(C)c2ccccc2-c2c(-c3ccccc3N(c3cccc(-c4ccccc4)c3-c3ccccc3-c3ccccc3)c3cccc4ccccc34)cccc21. The third-order valence-corrected chi connectivity index (χ3v) is 11.7. The molecule has 0 N–H and O–H groups in total. The maximum Gasteiger partial charge on any atom is 0.0547 e. The molecule has 0 aromatic heterocycles. The molecule has 0 bridgehead atoms. The average molecular weight is 716 g/mol. The number of hydrogen-bond donors (Lipinski definition) is 0. The van der Waals surface area contributed by atoms with Crippen molar-refractivity contribution in [2.75, 3.05) is 4.90 Å². The first kappa shape index (κ1) is 33.6. The van der Waals surface area contributed by atoms with Crippen molar-refractivity contribution in [3.05, 3.63) is 223 Å². The summed E-state index contributed by atoms with van der Waals surface area (Å²) in [5, 5.41) is 2.40. The van der Waals surface area contributed by atoms with E-state index in [1.54, 1.807) is 0 Å². The molecule has 0 atom stereocenters. The normalized spacial score (nSPS) is 12.6. The first-order valence-corrected chi connectivity index (χ1v) is 19.5. The van der Waals surface area contributed by atoms with Gasteiger partial charge in [-0.2, -0.15) is 0 Å². The minimum Gasteiger partial charge on any atom is -0.309 e. The van der Waals surface area contributed by atoms with E-state index in [1.165, 1.54) is 77.5 Å². The van der Waals surface area contributed by atoms with Gasteiger partial charge in [0.25, 0.3) is 0 Å². The Bertz CT molecular complexity index is 2880. The van der Waals surface area contributed by atoms with Crippen LogP contribution in [-0.4, -0.2) is 0 Å². The van der Waals surface area contributed by atoms with Crippen molar-refractivity contribution in [2.45, 2.75) is 19.3 Å². The smallest absolute Gasteiger partial charge is 0.0547 e. The highest BCUT2D eigenvalue weighted by atomic mass is 15.1. The molecule has 1 aliphatic carbocycles.